The van der Waals surface area contributed by atoms with E-state index in [4.69, 9.17) is 0 Å². The number of pyridine rings is 1. The van der Waals surface area contributed by atoms with Gasteiger partial charge in [0.05, 0.1) is 23.8 Å². The van der Waals surface area contributed by atoms with Crippen molar-refractivity contribution in [1.82, 2.24) is 14.1 Å². The summed E-state index contributed by atoms with van der Waals surface area (Å²) < 4.78 is 33.8. The molecule has 0 saturated carbocycles. The third-order valence-corrected chi connectivity index (χ3v) is 11.9. The van der Waals surface area contributed by atoms with Crippen molar-refractivity contribution in [2.24, 2.45) is 4.99 Å². The molecule has 2 aromatic carbocycles. The fourth-order valence-electron chi connectivity index (χ4n) is 7.03. The lowest BCUT2D eigenvalue weighted by atomic mass is 10.1. The lowest BCUT2D eigenvalue weighted by Crippen LogP contribution is -2.28. The van der Waals surface area contributed by atoms with Crippen LogP contribution in [-0.2, 0) is 11.1 Å². The van der Waals surface area contributed by atoms with Gasteiger partial charge in [0.1, 0.15) is 11.6 Å². The predicted molar refractivity (Wildman–Crippen MR) is 238 cm³/mol. The van der Waals surface area contributed by atoms with Gasteiger partial charge in [-0.05, 0) is 157 Å². The zero-order chi connectivity index (χ0) is 40.5. The molecule has 5 aromatic heterocycles. The van der Waals surface area contributed by atoms with E-state index in [-0.39, 0.29) is 11.9 Å². The van der Waals surface area contributed by atoms with E-state index in [0.29, 0.717) is 5.82 Å². The molecule has 0 amide bonds. The number of halogens is 2. The maximum absolute atomic E-state index is 15.2. The Morgan fingerprint density at radius 3 is 1.65 bits per heavy atom. The molecule has 6 nitrogen and oxygen atoms in total. The molecule has 57 heavy (non-hydrogen) atoms. The summed E-state index contributed by atoms with van der Waals surface area (Å²) in [5, 5.41) is 0. The number of rotatable bonds is 11. The fraction of sp³-hybridized carbons (Fsp3) is 0.191. The van der Waals surface area contributed by atoms with E-state index in [0.717, 1.165) is 49.5 Å². The number of benzene rings is 2. The van der Waals surface area contributed by atoms with Crippen LogP contribution in [0.15, 0.2) is 151 Å². The fourth-order valence-corrected chi connectivity index (χ4v) is 9.15. The summed E-state index contributed by atoms with van der Waals surface area (Å²) in [4.78, 5) is 17.2. The van der Waals surface area contributed by atoms with Crippen LogP contribution in [0, 0.1) is 11.9 Å². The van der Waals surface area contributed by atoms with Crippen LogP contribution in [0.1, 0.15) is 48.5 Å². The maximum Gasteiger partial charge on any atom is 0.195 e. The van der Waals surface area contributed by atoms with Crippen molar-refractivity contribution in [2.45, 2.75) is 59.5 Å². The third kappa shape index (κ3) is 8.06. The third-order valence-electron chi connectivity index (χ3n) is 9.42. The Morgan fingerprint density at radius 2 is 1.16 bits per heavy atom. The van der Waals surface area contributed by atoms with Gasteiger partial charge in [-0.25, -0.2) is 0 Å². The largest absolute Gasteiger partial charge is 0.299 e. The van der Waals surface area contributed by atoms with E-state index in [1.165, 1.54) is 21.9 Å². The maximum atomic E-state index is 15.2. The topological polar surface area (TPSA) is 41.6 Å². The standard InChI is InChI=1S/C47H46F2N6S2/c1-9-11-36(30-50-8)52(44-27-25-42(48)54(44)46(2,3)4)34-17-13-32(14-18-34)38-21-23-40(56-38)41-24-22-39(57-41)33-15-19-35(20-16-33)53(37-12-10-29-51-31-37)45-28-26-43(49)55(45)47(5,6)7/h9-31H,8H2,1-7H3/b11-9-,36-30+. The number of allylic oxidation sites excluding steroid dienone is 2. The minimum absolute atomic E-state index is 0.289. The molecule has 290 valence electrons. The summed E-state index contributed by atoms with van der Waals surface area (Å²) in [6, 6.07) is 35.9. The van der Waals surface area contributed by atoms with E-state index >= 15 is 8.78 Å². The number of anilines is 5. The molecule has 0 aliphatic rings. The van der Waals surface area contributed by atoms with Crippen molar-refractivity contribution in [1.29, 1.82) is 0 Å². The van der Waals surface area contributed by atoms with Gasteiger partial charge in [-0.15, -0.1) is 22.7 Å². The predicted octanol–water partition coefficient (Wildman–Crippen LogP) is 14.3. The Hall–Kier alpha value is -5.84. The van der Waals surface area contributed by atoms with Crippen molar-refractivity contribution in [3.05, 3.63) is 158 Å². The van der Waals surface area contributed by atoms with E-state index in [9.17, 15) is 0 Å². The number of thiophene rings is 2. The van der Waals surface area contributed by atoms with Crippen LogP contribution in [0.2, 0.25) is 0 Å². The summed E-state index contributed by atoms with van der Waals surface area (Å²) in [6.07, 6.45) is 9.11. The van der Waals surface area contributed by atoms with E-state index in [1.54, 1.807) is 56.5 Å². The number of hydrogen-bond donors (Lipinski definition) is 0. The molecule has 10 heteroatoms. The summed E-state index contributed by atoms with van der Waals surface area (Å²) in [5.41, 5.74) is 4.62. The second kappa shape index (κ2) is 16.0. The quantitative estimate of drug-likeness (QED) is 0.0967. The van der Waals surface area contributed by atoms with Gasteiger partial charge >= 0.3 is 0 Å². The van der Waals surface area contributed by atoms with Gasteiger partial charge < -0.3 is 0 Å². The lowest BCUT2D eigenvalue weighted by Gasteiger charge is -2.32. The average Bonchev–Trinajstić information content (AvgIpc) is 4.00. The number of aromatic nitrogens is 3. The molecule has 0 radical (unpaired) electrons. The number of hydrogen-bond acceptors (Lipinski definition) is 6. The Bertz CT molecular complexity index is 2540. The van der Waals surface area contributed by atoms with Crippen LogP contribution in [0.5, 0.6) is 0 Å². The Labute approximate surface area is 342 Å². The zero-order valence-electron chi connectivity index (χ0n) is 33.2. The van der Waals surface area contributed by atoms with Gasteiger partial charge in [-0.1, -0.05) is 30.3 Å². The highest BCUT2D eigenvalue weighted by molar-refractivity contribution is 7.25. The summed E-state index contributed by atoms with van der Waals surface area (Å²) >= 11 is 3.50. The normalized spacial score (nSPS) is 12.4. The first-order valence-electron chi connectivity index (χ1n) is 18.7. The Morgan fingerprint density at radius 1 is 0.649 bits per heavy atom. The van der Waals surface area contributed by atoms with Crippen molar-refractivity contribution in [3.8, 4) is 30.6 Å². The summed E-state index contributed by atoms with van der Waals surface area (Å²) in [5.74, 6) is 0.825. The molecule has 0 unspecified atom stereocenters. The van der Waals surface area contributed by atoms with Crippen LogP contribution >= 0.6 is 22.7 Å². The Kier molecular flexibility index (Phi) is 11.0. The molecule has 7 aromatic rings. The molecule has 0 bridgehead atoms. The van der Waals surface area contributed by atoms with Crippen LogP contribution in [0.3, 0.4) is 0 Å². The van der Waals surface area contributed by atoms with Gasteiger partial charge in [-0.2, -0.15) is 8.78 Å². The van der Waals surface area contributed by atoms with E-state index in [2.05, 4.69) is 89.5 Å². The van der Waals surface area contributed by atoms with E-state index in [1.807, 2.05) is 88.6 Å². The molecule has 0 saturated heterocycles. The second-order valence-corrected chi connectivity index (χ2v) is 17.7. The van der Waals surface area contributed by atoms with Crippen LogP contribution in [0.4, 0.5) is 37.5 Å². The first-order chi connectivity index (χ1) is 27.3. The van der Waals surface area contributed by atoms with Crippen molar-refractivity contribution in [3.63, 3.8) is 0 Å². The van der Waals surface area contributed by atoms with Crippen molar-refractivity contribution < 1.29 is 8.78 Å². The smallest absolute Gasteiger partial charge is 0.195 e. The zero-order valence-corrected chi connectivity index (χ0v) is 34.9. The van der Waals surface area contributed by atoms with Crippen LogP contribution in [-0.4, -0.2) is 20.8 Å². The van der Waals surface area contributed by atoms with Gasteiger partial charge in [0.2, 0.25) is 0 Å². The van der Waals surface area contributed by atoms with Gasteiger partial charge in [0.15, 0.2) is 11.9 Å². The SMILES string of the molecule is C=N/C=C(\C=C/C)N(c1ccc(-c2ccc(-c3ccc(-c4ccc(N(c5cccnc5)c5ccc(F)n5C(C)(C)C)cc4)s3)s2)cc1)c1ccc(F)n1C(C)(C)C. The van der Waals surface area contributed by atoms with Crippen LogP contribution < -0.4 is 9.80 Å². The average molecular weight is 797 g/mol. The minimum Gasteiger partial charge on any atom is -0.299 e. The minimum atomic E-state index is -0.495. The summed E-state index contributed by atoms with van der Waals surface area (Å²) in [7, 11) is 0. The molecule has 0 aliphatic carbocycles. The molecule has 0 spiro atoms. The first-order valence-corrected chi connectivity index (χ1v) is 20.4. The van der Waals surface area contributed by atoms with E-state index < -0.39 is 11.1 Å². The molecule has 0 fully saturated rings. The van der Waals surface area contributed by atoms with Gasteiger partial charge in [-0.3, -0.25) is 28.9 Å². The number of nitrogens with zero attached hydrogens (tertiary/aromatic N) is 6. The molecule has 0 aliphatic heterocycles. The highest BCUT2D eigenvalue weighted by Crippen LogP contribution is 2.43. The molecule has 5 heterocycles. The van der Waals surface area contributed by atoms with Crippen molar-refractivity contribution >= 4 is 58.1 Å². The van der Waals surface area contributed by atoms with Crippen molar-refractivity contribution in [2.75, 3.05) is 9.80 Å². The molecule has 7 rings (SSSR count). The second-order valence-electron chi connectivity index (χ2n) is 15.6. The molecule has 0 atom stereocenters. The molecular weight excluding hydrogens is 751 g/mol. The molecule has 0 N–H and O–H groups in total. The highest BCUT2D eigenvalue weighted by Gasteiger charge is 2.27. The van der Waals surface area contributed by atoms with Gasteiger partial charge in [0.25, 0.3) is 0 Å². The Balaban J connectivity index is 1.15. The lowest BCUT2D eigenvalue weighted by molar-refractivity contribution is 0.340. The van der Waals surface area contributed by atoms with Crippen LogP contribution in [0.25, 0.3) is 30.6 Å². The van der Waals surface area contributed by atoms with Gasteiger partial charge in [0, 0.05) is 48.2 Å². The first kappa shape index (κ1) is 39.4. The molecular formula is C47H46F2N6S2. The monoisotopic (exact) mass is 796 g/mol. The summed E-state index contributed by atoms with van der Waals surface area (Å²) in [6.45, 7) is 17.6. The highest BCUT2D eigenvalue weighted by atomic mass is 32.1. The number of aliphatic imine (C=N–C) groups is 1.